The van der Waals surface area contributed by atoms with Gasteiger partial charge in [-0.2, -0.15) is 0 Å². The maximum Gasteiger partial charge on any atom is 0.254 e. The van der Waals surface area contributed by atoms with Crippen LogP contribution in [0.4, 0.5) is 4.39 Å². The van der Waals surface area contributed by atoms with Crippen LogP contribution >= 0.6 is 0 Å². The zero-order valence-electron chi connectivity index (χ0n) is 16.7. The fraction of sp³-hybridized carbons (Fsp3) is 0.250. The van der Waals surface area contributed by atoms with Gasteiger partial charge in [-0.1, -0.05) is 54.6 Å². The first-order chi connectivity index (χ1) is 14.6. The standard InChI is InChI=1S/C24H24FN3O2/c25-22-11-4-3-10-21(22)24(30)26-16-23(29)28-14-12-27(13-15-28)17-19-8-5-7-18-6-1-2-9-20(18)19/h1-11H,12-17H2,(H,26,30). The third-order valence-corrected chi connectivity index (χ3v) is 5.52. The predicted octanol–water partition coefficient (Wildman–Crippen LogP) is 3.05. The van der Waals surface area contributed by atoms with E-state index >= 15 is 0 Å². The molecule has 0 spiro atoms. The van der Waals surface area contributed by atoms with Crippen molar-refractivity contribution in [3.63, 3.8) is 0 Å². The van der Waals surface area contributed by atoms with Crippen molar-refractivity contribution in [2.24, 2.45) is 0 Å². The van der Waals surface area contributed by atoms with Gasteiger partial charge in [0.15, 0.2) is 0 Å². The van der Waals surface area contributed by atoms with E-state index in [0.29, 0.717) is 13.1 Å². The van der Waals surface area contributed by atoms with Crippen molar-refractivity contribution in [2.75, 3.05) is 32.7 Å². The van der Waals surface area contributed by atoms with Gasteiger partial charge in [0.2, 0.25) is 5.91 Å². The second kappa shape index (κ2) is 9.05. The van der Waals surface area contributed by atoms with Crippen LogP contribution in [0, 0.1) is 5.82 Å². The van der Waals surface area contributed by atoms with Gasteiger partial charge in [0.25, 0.3) is 5.91 Å². The average molecular weight is 405 g/mol. The molecule has 1 fully saturated rings. The summed E-state index contributed by atoms with van der Waals surface area (Å²) in [5.41, 5.74) is 1.23. The van der Waals surface area contributed by atoms with Crippen molar-refractivity contribution in [3.05, 3.63) is 83.7 Å². The molecule has 154 valence electrons. The highest BCUT2D eigenvalue weighted by molar-refractivity contribution is 5.96. The SMILES string of the molecule is O=C(NCC(=O)N1CCN(Cc2cccc3ccccc23)CC1)c1ccccc1F. The molecule has 0 radical (unpaired) electrons. The van der Waals surface area contributed by atoms with Crippen molar-refractivity contribution in [1.29, 1.82) is 0 Å². The highest BCUT2D eigenvalue weighted by Crippen LogP contribution is 2.20. The first kappa shape index (κ1) is 20.0. The van der Waals surface area contributed by atoms with E-state index in [1.54, 1.807) is 11.0 Å². The third kappa shape index (κ3) is 4.49. The lowest BCUT2D eigenvalue weighted by Crippen LogP contribution is -2.50. The molecule has 0 unspecified atom stereocenters. The number of amides is 2. The minimum absolute atomic E-state index is 0.0507. The summed E-state index contributed by atoms with van der Waals surface area (Å²) in [6.45, 7) is 3.48. The summed E-state index contributed by atoms with van der Waals surface area (Å²) in [7, 11) is 0. The zero-order valence-corrected chi connectivity index (χ0v) is 16.7. The molecule has 0 bridgehead atoms. The molecular formula is C24H24FN3O2. The van der Waals surface area contributed by atoms with Crippen LogP contribution in [0.1, 0.15) is 15.9 Å². The van der Waals surface area contributed by atoms with Crippen LogP contribution < -0.4 is 5.32 Å². The van der Waals surface area contributed by atoms with Crippen molar-refractivity contribution in [1.82, 2.24) is 15.1 Å². The van der Waals surface area contributed by atoms with E-state index < -0.39 is 11.7 Å². The van der Waals surface area contributed by atoms with Crippen molar-refractivity contribution >= 4 is 22.6 Å². The van der Waals surface area contributed by atoms with E-state index in [2.05, 4.69) is 46.6 Å². The number of carbonyl (C=O) groups is 2. The van der Waals surface area contributed by atoms with Gasteiger partial charge in [0.1, 0.15) is 5.82 Å². The minimum Gasteiger partial charge on any atom is -0.343 e. The van der Waals surface area contributed by atoms with Crippen LogP contribution in [0.25, 0.3) is 10.8 Å². The summed E-state index contributed by atoms with van der Waals surface area (Å²) in [5, 5.41) is 5.01. The Morgan fingerprint density at radius 3 is 2.37 bits per heavy atom. The van der Waals surface area contributed by atoms with Crippen LogP contribution in [-0.4, -0.2) is 54.3 Å². The van der Waals surface area contributed by atoms with E-state index in [4.69, 9.17) is 0 Å². The molecule has 0 atom stereocenters. The summed E-state index contributed by atoms with van der Waals surface area (Å²) in [4.78, 5) is 28.6. The number of nitrogens with one attached hydrogen (secondary N) is 1. The fourth-order valence-electron chi connectivity index (χ4n) is 3.83. The molecule has 3 aromatic rings. The fourth-order valence-corrected chi connectivity index (χ4v) is 3.83. The molecule has 2 amide bonds. The minimum atomic E-state index is -0.593. The number of fused-ring (bicyclic) bond motifs is 1. The Kier molecular flexibility index (Phi) is 6.05. The van der Waals surface area contributed by atoms with Gasteiger partial charge in [-0.25, -0.2) is 4.39 Å². The Morgan fingerprint density at radius 1 is 0.867 bits per heavy atom. The lowest BCUT2D eigenvalue weighted by Gasteiger charge is -2.35. The number of piperazine rings is 1. The second-order valence-corrected chi connectivity index (χ2v) is 7.46. The molecule has 30 heavy (non-hydrogen) atoms. The van der Waals surface area contributed by atoms with Gasteiger partial charge >= 0.3 is 0 Å². The van der Waals surface area contributed by atoms with E-state index in [1.165, 1.54) is 34.5 Å². The van der Waals surface area contributed by atoms with E-state index in [1.807, 2.05) is 6.07 Å². The van der Waals surface area contributed by atoms with Gasteiger partial charge < -0.3 is 10.2 Å². The predicted molar refractivity (Wildman–Crippen MR) is 115 cm³/mol. The zero-order chi connectivity index (χ0) is 20.9. The van der Waals surface area contributed by atoms with E-state index in [9.17, 15) is 14.0 Å². The first-order valence-corrected chi connectivity index (χ1v) is 10.1. The monoisotopic (exact) mass is 405 g/mol. The Bertz CT molecular complexity index is 1060. The smallest absolute Gasteiger partial charge is 0.254 e. The second-order valence-electron chi connectivity index (χ2n) is 7.46. The lowest BCUT2D eigenvalue weighted by atomic mass is 10.0. The molecule has 0 aliphatic carbocycles. The number of halogens is 1. The molecule has 0 saturated carbocycles. The quantitative estimate of drug-likeness (QED) is 0.710. The first-order valence-electron chi connectivity index (χ1n) is 10.1. The maximum atomic E-state index is 13.7. The normalized spacial score (nSPS) is 14.6. The molecule has 5 nitrogen and oxygen atoms in total. The number of hydrogen-bond donors (Lipinski definition) is 1. The Labute approximate surface area is 175 Å². The van der Waals surface area contributed by atoms with Crippen molar-refractivity contribution in [3.8, 4) is 0 Å². The van der Waals surface area contributed by atoms with Crippen molar-refractivity contribution < 1.29 is 14.0 Å². The molecule has 1 aliphatic rings. The van der Waals surface area contributed by atoms with Gasteiger partial charge in [-0.15, -0.1) is 0 Å². The van der Waals surface area contributed by atoms with Gasteiger partial charge in [-0.05, 0) is 28.5 Å². The molecule has 6 heteroatoms. The number of nitrogens with zero attached hydrogens (tertiary/aromatic N) is 2. The molecule has 1 aliphatic heterocycles. The largest absolute Gasteiger partial charge is 0.343 e. The lowest BCUT2D eigenvalue weighted by molar-refractivity contribution is -0.131. The Balaban J connectivity index is 1.28. The molecular weight excluding hydrogens is 381 g/mol. The molecule has 1 heterocycles. The average Bonchev–Trinajstić information content (AvgIpc) is 2.78. The van der Waals surface area contributed by atoms with Crippen molar-refractivity contribution in [2.45, 2.75) is 6.54 Å². The maximum absolute atomic E-state index is 13.7. The van der Waals surface area contributed by atoms with E-state index in [0.717, 1.165) is 19.6 Å². The highest BCUT2D eigenvalue weighted by Gasteiger charge is 2.22. The van der Waals surface area contributed by atoms with Gasteiger partial charge in [0.05, 0.1) is 12.1 Å². The summed E-state index contributed by atoms with van der Waals surface area (Å²) < 4.78 is 13.7. The summed E-state index contributed by atoms with van der Waals surface area (Å²) >= 11 is 0. The molecule has 4 rings (SSSR count). The molecule has 0 aromatic heterocycles. The Morgan fingerprint density at radius 2 is 1.57 bits per heavy atom. The number of benzene rings is 3. The highest BCUT2D eigenvalue weighted by atomic mass is 19.1. The topological polar surface area (TPSA) is 52.7 Å². The number of hydrogen-bond acceptors (Lipinski definition) is 3. The van der Waals surface area contributed by atoms with Crippen LogP contribution in [0.2, 0.25) is 0 Å². The molecule has 1 saturated heterocycles. The Hall–Kier alpha value is -3.25. The molecule has 3 aromatic carbocycles. The van der Waals surface area contributed by atoms with E-state index in [-0.39, 0.29) is 18.0 Å². The van der Waals surface area contributed by atoms with Gasteiger partial charge in [0, 0.05) is 32.7 Å². The van der Waals surface area contributed by atoms with Gasteiger partial charge in [-0.3, -0.25) is 14.5 Å². The van der Waals surface area contributed by atoms with Crippen LogP contribution in [0.3, 0.4) is 0 Å². The van der Waals surface area contributed by atoms with Crippen LogP contribution in [0.15, 0.2) is 66.7 Å². The summed E-state index contributed by atoms with van der Waals surface area (Å²) in [6, 6.07) is 20.4. The van der Waals surface area contributed by atoms with Crippen LogP contribution in [-0.2, 0) is 11.3 Å². The molecule has 1 N–H and O–H groups in total. The number of rotatable bonds is 5. The van der Waals surface area contributed by atoms with Crippen LogP contribution in [0.5, 0.6) is 0 Å². The number of carbonyl (C=O) groups excluding carboxylic acids is 2. The third-order valence-electron chi connectivity index (χ3n) is 5.52. The summed E-state index contributed by atoms with van der Waals surface area (Å²) in [5.74, 6) is -1.31. The summed E-state index contributed by atoms with van der Waals surface area (Å²) in [6.07, 6.45) is 0.